The van der Waals surface area contributed by atoms with Gasteiger partial charge in [-0.1, -0.05) is 12.1 Å². The molecule has 100 valence electrons. The van der Waals surface area contributed by atoms with Gasteiger partial charge in [-0.3, -0.25) is 4.79 Å². The van der Waals surface area contributed by atoms with E-state index in [1.54, 1.807) is 0 Å². The maximum absolute atomic E-state index is 10.6. The average Bonchev–Trinajstić information content (AvgIpc) is 2.72. The van der Waals surface area contributed by atoms with Crippen LogP contribution in [0.3, 0.4) is 0 Å². The molecule has 0 fully saturated rings. The van der Waals surface area contributed by atoms with E-state index in [0.29, 0.717) is 0 Å². The van der Waals surface area contributed by atoms with Gasteiger partial charge in [0.25, 0.3) is 0 Å². The fourth-order valence-corrected chi connectivity index (χ4v) is 1.93. The van der Waals surface area contributed by atoms with Crippen molar-refractivity contribution in [1.29, 1.82) is 0 Å². The zero-order chi connectivity index (χ0) is 13.8. The molecule has 0 spiro atoms. The molecule has 0 saturated carbocycles. The van der Waals surface area contributed by atoms with Crippen molar-refractivity contribution in [2.24, 2.45) is 0 Å². The summed E-state index contributed by atoms with van der Waals surface area (Å²) < 4.78 is 1.81. The van der Waals surface area contributed by atoms with Crippen LogP contribution in [-0.2, 0) is 17.8 Å². The summed E-state index contributed by atoms with van der Waals surface area (Å²) in [6, 6.07) is 7.40. The number of carboxylic acids is 1. The highest BCUT2D eigenvalue weighted by Gasteiger charge is 2.06. The van der Waals surface area contributed by atoms with Crippen LogP contribution in [0.25, 0.3) is 5.69 Å². The van der Waals surface area contributed by atoms with E-state index in [4.69, 9.17) is 5.11 Å². The summed E-state index contributed by atoms with van der Waals surface area (Å²) in [5.74, 6) is -0.820. The predicted octanol–water partition coefficient (Wildman–Crippen LogP) is 1.53. The van der Waals surface area contributed by atoms with E-state index >= 15 is 0 Å². The molecule has 0 bridgehead atoms. The lowest BCUT2D eigenvalue weighted by Crippen LogP contribution is -2.05. The minimum absolute atomic E-state index is 0.0451. The Morgan fingerprint density at radius 1 is 1.37 bits per heavy atom. The second kappa shape index (κ2) is 5.67. The zero-order valence-electron chi connectivity index (χ0n) is 11.1. The van der Waals surface area contributed by atoms with Gasteiger partial charge in [-0.05, 0) is 31.7 Å². The number of carbonyl (C=O) groups is 1. The van der Waals surface area contributed by atoms with E-state index in [9.17, 15) is 4.79 Å². The van der Waals surface area contributed by atoms with Crippen LogP contribution in [0.15, 0.2) is 30.5 Å². The number of aromatic nitrogens is 2. The molecule has 0 aliphatic rings. The van der Waals surface area contributed by atoms with Crippen LogP contribution in [0.4, 0.5) is 0 Å². The van der Waals surface area contributed by atoms with E-state index in [2.05, 4.69) is 10.4 Å². The molecule has 0 aliphatic heterocycles. The lowest BCUT2D eigenvalue weighted by atomic mass is 10.1. The second-order valence-corrected chi connectivity index (χ2v) is 4.45. The van der Waals surface area contributed by atoms with Gasteiger partial charge in [0.05, 0.1) is 17.8 Å². The molecular weight excluding hydrogens is 242 g/mol. The first-order valence-corrected chi connectivity index (χ1v) is 6.11. The van der Waals surface area contributed by atoms with E-state index < -0.39 is 5.97 Å². The van der Waals surface area contributed by atoms with Crippen molar-refractivity contribution in [3.8, 4) is 5.69 Å². The Balaban J connectivity index is 2.22. The number of hydrogen-bond acceptors (Lipinski definition) is 3. The Kier molecular flexibility index (Phi) is 3.97. The van der Waals surface area contributed by atoms with Gasteiger partial charge in [-0.15, -0.1) is 0 Å². The van der Waals surface area contributed by atoms with Crippen molar-refractivity contribution in [2.75, 3.05) is 7.05 Å². The third-order valence-corrected chi connectivity index (χ3v) is 2.92. The molecule has 1 heterocycles. The number of benzene rings is 1. The zero-order valence-corrected chi connectivity index (χ0v) is 11.1. The average molecular weight is 259 g/mol. The molecule has 19 heavy (non-hydrogen) atoms. The molecule has 2 aromatic rings. The van der Waals surface area contributed by atoms with Crippen LogP contribution >= 0.6 is 0 Å². The first-order chi connectivity index (χ1) is 9.10. The van der Waals surface area contributed by atoms with Gasteiger partial charge in [0.2, 0.25) is 0 Å². The van der Waals surface area contributed by atoms with Crippen molar-refractivity contribution in [2.45, 2.75) is 19.9 Å². The van der Waals surface area contributed by atoms with Crippen LogP contribution in [-0.4, -0.2) is 27.9 Å². The number of carboxylic acid groups (broad SMARTS) is 1. The Labute approximate surface area is 111 Å². The summed E-state index contributed by atoms with van der Waals surface area (Å²) in [7, 11) is 1.90. The van der Waals surface area contributed by atoms with Gasteiger partial charge < -0.3 is 10.4 Å². The largest absolute Gasteiger partial charge is 0.481 e. The van der Waals surface area contributed by atoms with Crippen molar-refractivity contribution in [3.63, 3.8) is 0 Å². The molecule has 2 rings (SSSR count). The van der Waals surface area contributed by atoms with Crippen LogP contribution in [0.1, 0.15) is 16.8 Å². The van der Waals surface area contributed by atoms with Crippen molar-refractivity contribution in [3.05, 3.63) is 47.3 Å². The molecule has 0 unspecified atom stereocenters. The summed E-state index contributed by atoms with van der Waals surface area (Å²) in [5, 5.41) is 16.3. The van der Waals surface area contributed by atoms with Crippen LogP contribution in [0, 0.1) is 6.92 Å². The molecule has 5 nitrogen and oxygen atoms in total. The molecule has 0 radical (unpaired) electrons. The van der Waals surface area contributed by atoms with Gasteiger partial charge in [-0.2, -0.15) is 5.10 Å². The lowest BCUT2D eigenvalue weighted by molar-refractivity contribution is -0.136. The number of nitrogens with zero attached hydrogens (tertiary/aromatic N) is 2. The summed E-state index contributed by atoms with van der Waals surface area (Å²) in [6.45, 7) is 2.75. The summed E-state index contributed by atoms with van der Waals surface area (Å²) in [6.07, 6.45) is 2.03. The second-order valence-electron chi connectivity index (χ2n) is 4.45. The van der Waals surface area contributed by atoms with E-state index in [-0.39, 0.29) is 6.42 Å². The minimum Gasteiger partial charge on any atom is -0.481 e. The van der Waals surface area contributed by atoms with Gasteiger partial charge >= 0.3 is 5.97 Å². The van der Waals surface area contributed by atoms with Crippen LogP contribution in [0.5, 0.6) is 0 Å². The fourth-order valence-electron chi connectivity index (χ4n) is 1.93. The first kappa shape index (κ1) is 13.3. The molecule has 5 heteroatoms. The normalized spacial score (nSPS) is 10.6. The summed E-state index contributed by atoms with van der Waals surface area (Å²) in [5.41, 5.74) is 3.86. The molecule has 0 saturated heterocycles. The highest BCUT2D eigenvalue weighted by molar-refractivity contribution is 5.70. The molecule has 0 amide bonds. The number of aryl methyl sites for hydroxylation is 1. The van der Waals surface area contributed by atoms with Crippen molar-refractivity contribution >= 4 is 5.97 Å². The van der Waals surface area contributed by atoms with E-state index in [1.165, 1.54) is 0 Å². The number of hydrogen-bond donors (Lipinski definition) is 2. The van der Waals surface area contributed by atoms with Gasteiger partial charge in [0.1, 0.15) is 0 Å². The maximum Gasteiger partial charge on any atom is 0.307 e. The lowest BCUT2D eigenvalue weighted by Gasteiger charge is -2.02. The highest BCUT2D eigenvalue weighted by Crippen LogP contribution is 2.13. The van der Waals surface area contributed by atoms with Gasteiger partial charge in [0.15, 0.2) is 0 Å². The Hall–Kier alpha value is -2.14. The van der Waals surface area contributed by atoms with Crippen molar-refractivity contribution < 1.29 is 9.90 Å². The number of aliphatic carboxylic acids is 1. The van der Waals surface area contributed by atoms with Crippen LogP contribution < -0.4 is 5.32 Å². The molecule has 2 N–H and O–H groups in total. The Bertz CT molecular complexity index is 573. The SMILES string of the molecule is CNCc1cn(-c2ccc(CC(=O)O)cc2)nc1C. The monoisotopic (exact) mass is 259 g/mol. The van der Waals surface area contributed by atoms with Gasteiger partial charge in [-0.25, -0.2) is 4.68 Å². The molecule has 1 aromatic carbocycles. The Morgan fingerprint density at radius 3 is 2.63 bits per heavy atom. The fraction of sp³-hybridized carbons (Fsp3) is 0.286. The summed E-state index contributed by atoms with van der Waals surface area (Å²) >= 11 is 0. The van der Waals surface area contributed by atoms with Gasteiger partial charge in [0, 0.05) is 18.3 Å². The topological polar surface area (TPSA) is 67.2 Å². The molecular formula is C14H17N3O2. The Morgan fingerprint density at radius 2 is 2.05 bits per heavy atom. The first-order valence-electron chi connectivity index (χ1n) is 6.11. The third-order valence-electron chi connectivity index (χ3n) is 2.92. The number of rotatable bonds is 5. The minimum atomic E-state index is -0.820. The van der Waals surface area contributed by atoms with Crippen molar-refractivity contribution in [1.82, 2.24) is 15.1 Å². The molecule has 0 atom stereocenters. The highest BCUT2D eigenvalue weighted by atomic mass is 16.4. The third kappa shape index (κ3) is 3.20. The maximum atomic E-state index is 10.6. The standard InChI is InChI=1S/C14H17N3O2/c1-10-12(8-15-2)9-17(16-10)13-5-3-11(4-6-13)7-14(18)19/h3-6,9,15H,7-8H2,1-2H3,(H,18,19). The number of nitrogens with one attached hydrogen (secondary N) is 1. The summed E-state index contributed by atoms with van der Waals surface area (Å²) in [4.78, 5) is 10.6. The molecule has 1 aromatic heterocycles. The smallest absolute Gasteiger partial charge is 0.307 e. The molecule has 0 aliphatic carbocycles. The van der Waals surface area contributed by atoms with E-state index in [0.717, 1.165) is 29.1 Å². The van der Waals surface area contributed by atoms with Crippen LogP contribution in [0.2, 0.25) is 0 Å². The predicted molar refractivity (Wildman–Crippen MR) is 72.4 cm³/mol. The quantitative estimate of drug-likeness (QED) is 0.854. The van der Waals surface area contributed by atoms with E-state index in [1.807, 2.05) is 49.1 Å².